The summed E-state index contributed by atoms with van der Waals surface area (Å²) in [7, 11) is -0.558. The number of nitro groups is 1. The molecule has 2 N–H and O–H groups in total. The quantitative estimate of drug-likeness (QED) is 0.255. The van der Waals surface area contributed by atoms with Gasteiger partial charge in [-0.1, -0.05) is 25.6 Å². The van der Waals surface area contributed by atoms with Gasteiger partial charge < -0.3 is 14.9 Å². The molecule has 0 radical (unpaired) electrons. The highest BCUT2D eigenvalue weighted by Crippen LogP contribution is 2.37. The molecule has 1 fully saturated rings. The van der Waals surface area contributed by atoms with Gasteiger partial charge in [0.25, 0.3) is 0 Å². The van der Waals surface area contributed by atoms with Crippen LogP contribution in [0.5, 0.6) is 0 Å². The molecule has 22 heavy (non-hydrogen) atoms. The standard InChI is InChI=1S/C14H23NO6Si/c1-21-13(17)10-7-14(18,5-6-22(2,3)4)8-12(16)11(10)9-15(19)20/h10-12,16,18H,7-9H2,1-4H3/t10-,11+,12-,14-/m1/s1. The summed E-state index contributed by atoms with van der Waals surface area (Å²) < 4.78 is 4.67. The zero-order chi connectivity index (χ0) is 17.1. The molecule has 4 atom stereocenters. The van der Waals surface area contributed by atoms with E-state index in [0.717, 1.165) is 0 Å². The molecular formula is C14H23NO6Si. The van der Waals surface area contributed by atoms with Crippen LogP contribution in [0.25, 0.3) is 0 Å². The van der Waals surface area contributed by atoms with E-state index >= 15 is 0 Å². The van der Waals surface area contributed by atoms with Gasteiger partial charge >= 0.3 is 5.97 Å². The lowest BCUT2D eigenvalue weighted by Crippen LogP contribution is -2.51. The van der Waals surface area contributed by atoms with Gasteiger partial charge in [0.15, 0.2) is 0 Å². The van der Waals surface area contributed by atoms with Crippen molar-refractivity contribution in [1.82, 2.24) is 0 Å². The summed E-state index contributed by atoms with van der Waals surface area (Å²) >= 11 is 0. The van der Waals surface area contributed by atoms with E-state index < -0.39 is 49.1 Å². The van der Waals surface area contributed by atoms with E-state index in [1.807, 2.05) is 19.6 Å². The number of carbonyl (C=O) groups is 1. The minimum Gasteiger partial charge on any atom is -0.469 e. The van der Waals surface area contributed by atoms with Gasteiger partial charge in [0.2, 0.25) is 6.54 Å². The third kappa shape index (κ3) is 5.09. The molecular weight excluding hydrogens is 306 g/mol. The number of carbonyl (C=O) groups excluding carboxylic acids is 1. The summed E-state index contributed by atoms with van der Waals surface area (Å²) in [5.74, 6) is 0.290. The van der Waals surface area contributed by atoms with E-state index in [2.05, 4.69) is 16.2 Å². The monoisotopic (exact) mass is 329 g/mol. The molecule has 0 spiro atoms. The Balaban J connectivity index is 3.08. The SMILES string of the molecule is COC(=O)[C@@H]1C[C@](O)(C#C[Si](C)(C)C)C[C@@H](O)[C@H]1C[N+](=O)[O-]. The molecule has 0 heterocycles. The highest BCUT2D eigenvalue weighted by Gasteiger charge is 2.49. The van der Waals surface area contributed by atoms with Crippen LogP contribution in [0.1, 0.15) is 12.8 Å². The van der Waals surface area contributed by atoms with Gasteiger partial charge in [-0.2, -0.15) is 0 Å². The van der Waals surface area contributed by atoms with Crippen LogP contribution in [0.4, 0.5) is 0 Å². The number of rotatable bonds is 3. The fourth-order valence-corrected chi connectivity index (χ4v) is 3.21. The Kier molecular flexibility index (Phi) is 5.73. The Hall–Kier alpha value is -1.43. The Morgan fingerprint density at radius 3 is 2.50 bits per heavy atom. The number of methoxy groups -OCH3 is 1. The summed E-state index contributed by atoms with van der Waals surface area (Å²) in [6.07, 6.45) is -1.34. The highest BCUT2D eigenvalue weighted by molar-refractivity contribution is 6.83. The van der Waals surface area contributed by atoms with Crippen LogP contribution >= 0.6 is 0 Å². The number of aliphatic hydroxyl groups is 2. The number of hydrogen-bond donors (Lipinski definition) is 2. The van der Waals surface area contributed by atoms with Gasteiger partial charge in [0.1, 0.15) is 13.7 Å². The maximum Gasteiger partial charge on any atom is 0.309 e. The molecule has 1 saturated carbocycles. The lowest BCUT2D eigenvalue weighted by atomic mass is 9.70. The van der Waals surface area contributed by atoms with Crippen LogP contribution in [0, 0.1) is 33.4 Å². The van der Waals surface area contributed by atoms with Crippen molar-refractivity contribution in [2.75, 3.05) is 13.7 Å². The number of aliphatic hydroxyl groups excluding tert-OH is 1. The van der Waals surface area contributed by atoms with Crippen molar-refractivity contribution >= 4 is 14.0 Å². The van der Waals surface area contributed by atoms with Crippen LogP contribution in [0.15, 0.2) is 0 Å². The molecule has 0 aromatic heterocycles. The Morgan fingerprint density at radius 2 is 2.05 bits per heavy atom. The van der Waals surface area contributed by atoms with E-state index in [-0.39, 0.29) is 12.8 Å². The first-order valence-corrected chi connectivity index (χ1v) is 10.6. The molecule has 8 heteroatoms. The van der Waals surface area contributed by atoms with E-state index in [9.17, 15) is 25.1 Å². The molecule has 124 valence electrons. The Morgan fingerprint density at radius 1 is 1.45 bits per heavy atom. The average molecular weight is 329 g/mol. The van der Waals surface area contributed by atoms with Gasteiger partial charge in [0.05, 0.1) is 25.0 Å². The van der Waals surface area contributed by atoms with E-state index in [1.54, 1.807) is 0 Å². The average Bonchev–Trinajstić information content (AvgIpc) is 2.38. The molecule has 1 rings (SSSR count). The first-order chi connectivity index (χ1) is 9.97. The third-order valence-electron chi connectivity index (χ3n) is 3.65. The molecule has 0 unspecified atom stereocenters. The second kappa shape index (κ2) is 6.77. The first-order valence-electron chi connectivity index (χ1n) is 7.12. The zero-order valence-corrected chi connectivity index (χ0v) is 14.3. The maximum absolute atomic E-state index is 11.9. The van der Waals surface area contributed by atoms with Crippen LogP contribution in [-0.2, 0) is 9.53 Å². The molecule has 0 amide bonds. The van der Waals surface area contributed by atoms with Crippen LogP contribution in [-0.4, -0.2) is 54.5 Å². The van der Waals surface area contributed by atoms with Crippen molar-refractivity contribution in [3.05, 3.63) is 10.1 Å². The molecule has 0 aromatic rings. The fraction of sp³-hybridized carbons (Fsp3) is 0.786. The van der Waals surface area contributed by atoms with Gasteiger partial charge in [-0.15, -0.1) is 5.54 Å². The Bertz CT molecular complexity index is 506. The molecule has 0 aromatic carbocycles. The second-order valence-corrected chi connectivity index (χ2v) is 11.6. The minimum absolute atomic E-state index is 0.0628. The van der Waals surface area contributed by atoms with Crippen LogP contribution < -0.4 is 0 Å². The summed E-state index contributed by atoms with van der Waals surface area (Å²) in [6.45, 7) is 5.49. The normalized spacial score (nSPS) is 31.8. The molecule has 0 aliphatic heterocycles. The van der Waals surface area contributed by atoms with Crippen molar-refractivity contribution in [3.63, 3.8) is 0 Å². The molecule has 7 nitrogen and oxygen atoms in total. The fourth-order valence-electron chi connectivity index (χ4n) is 2.60. The maximum atomic E-state index is 11.9. The van der Waals surface area contributed by atoms with Crippen LogP contribution in [0.2, 0.25) is 19.6 Å². The van der Waals surface area contributed by atoms with E-state index in [0.29, 0.717) is 0 Å². The number of ether oxygens (including phenoxy) is 1. The Labute approximate surface area is 130 Å². The minimum atomic E-state index is -1.74. The van der Waals surface area contributed by atoms with Gasteiger partial charge in [-0.05, 0) is 0 Å². The predicted octanol–water partition coefficient (Wildman–Crippen LogP) is 0.435. The molecule has 0 saturated heterocycles. The zero-order valence-electron chi connectivity index (χ0n) is 13.3. The van der Waals surface area contributed by atoms with Gasteiger partial charge in [0, 0.05) is 17.8 Å². The lowest BCUT2D eigenvalue weighted by Gasteiger charge is -2.39. The number of esters is 1. The van der Waals surface area contributed by atoms with E-state index in [1.165, 1.54) is 7.11 Å². The largest absolute Gasteiger partial charge is 0.469 e. The number of nitrogens with zero attached hydrogens (tertiary/aromatic N) is 1. The van der Waals surface area contributed by atoms with Crippen LogP contribution in [0.3, 0.4) is 0 Å². The van der Waals surface area contributed by atoms with Crippen molar-refractivity contribution in [3.8, 4) is 11.5 Å². The molecule has 1 aliphatic rings. The second-order valence-electron chi connectivity index (χ2n) is 6.82. The molecule has 0 bridgehead atoms. The third-order valence-corrected chi connectivity index (χ3v) is 4.52. The van der Waals surface area contributed by atoms with Crippen molar-refractivity contribution in [2.45, 2.75) is 44.2 Å². The summed E-state index contributed by atoms with van der Waals surface area (Å²) in [5.41, 5.74) is 1.51. The van der Waals surface area contributed by atoms with Gasteiger partial charge in [-0.3, -0.25) is 14.9 Å². The van der Waals surface area contributed by atoms with Crippen molar-refractivity contribution in [2.24, 2.45) is 11.8 Å². The summed E-state index contributed by atoms with van der Waals surface area (Å²) in [5, 5.41) is 31.5. The van der Waals surface area contributed by atoms with Crippen molar-refractivity contribution < 1.29 is 24.7 Å². The topological polar surface area (TPSA) is 110 Å². The van der Waals surface area contributed by atoms with Gasteiger partial charge in [-0.25, -0.2) is 0 Å². The highest BCUT2D eigenvalue weighted by atomic mass is 28.3. The summed E-state index contributed by atoms with van der Waals surface area (Å²) in [6, 6.07) is 0. The predicted molar refractivity (Wildman–Crippen MR) is 82.2 cm³/mol. The van der Waals surface area contributed by atoms with Crippen molar-refractivity contribution in [1.29, 1.82) is 0 Å². The number of hydrogen-bond acceptors (Lipinski definition) is 6. The smallest absolute Gasteiger partial charge is 0.309 e. The van der Waals surface area contributed by atoms with E-state index in [4.69, 9.17) is 0 Å². The first kappa shape index (κ1) is 18.6. The molecule has 1 aliphatic carbocycles. The lowest BCUT2D eigenvalue weighted by molar-refractivity contribution is -0.493. The summed E-state index contributed by atoms with van der Waals surface area (Å²) in [4.78, 5) is 22.1.